The molecule has 0 fully saturated rings. The van der Waals surface area contributed by atoms with Crippen molar-refractivity contribution in [2.24, 2.45) is 0 Å². The van der Waals surface area contributed by atoms with Gasteiger partial charge in [0.25, 0.3) is 0 Å². The maximum absolute atomic E-state index is 9.91. The average molecular weight is 452 g/mol. The lowest BCUT2D eigenvalue weighted by Gasteiger charge is -2.14. The van der Waals surface area contributed by atoms with E-state index in [1.54, 1.807) is 14.2 Å². The molecule has 0 radical (unpaired) electrons. The van der Waals surface area contributed by atoms with Crippen LogP contribution in [0.5, 0.6) is 11.5 Å². The Balaban J connectivity index is 1.86. The summed E-state index contributed by atoms with van der Waals surface area (Å²) in [7, 11) is 3.32. The van der Waals surface area contributed by atoms with E-state index in [0.29, 0.717) is 19.4 Å². The molecule has 1 N–H and O–H groups in total. The van der Waals surface area contributed by atoms with Gasteiger partial charge in [-0.15, -0.1) is 12.3 Å². The lowest BCUT2D eigenvalue weighted by molar-refractivity contribution is 0.328. The predicted molar refractivity (Wildman–Crippen MR) is 140 cm³/mol. The first-order valence-electron chi connectivity index (χ1n) is 11.3. The molecule has 0 spiro atoms. The number of benzene rings is 3. The van der Waals surface area contributed by atoms with Crippen molar-refractivity contribution in [3.8, 4) is 35.1 Å². The molecule has 4 heteroatoms. The fourth-order valence-corrected chi connectivity index (χ4v) is 4.26. The second kappa shape index (κ2) is 10.8. The van der Waals surface area contributed by atoms with Gasteiger partial charge in [-0.25, -0.2) is 0 Å². The van der Waals surface area contributed by atoms with Gasteiger partial charge in [-0.1, -0.05) is 48.6 Å². The van der Waals surface area contributed by atoms with E-state index in [1.807, 2.05) is 30.4 Å². The maximum Gasteiger partial charge on any atom is 0.131 e. The minimum Gasteiger partial charge on any atom is -0.497 e. The Bertz CT molecular complexity index is 1400. The van der Waals surface area contributed by atoms with Crippen molar-refractivity contribution in [1.29, 1.82) is 0 Å². The van der Waals surface area contributed by atoms with Crippen LogP contribution in [0, 0.1) is 12.3 Å². The Morgan fingerprint density at radius 3 is 2.62 bits per heavy atom. The molecule has 4 aromatic rings. The van der Waals surface area contributed by atoms with Crippen LogP contribution < -0.4 is 9.47 Å². The highest BCUT2D eigenvalue weighted by atomic mass is 16.5. The summed E-state index contributed by atoms with van der Waals surface area (Å²) in [4.78, 5) is 0. The highest BCUT2D eigenvalue weighted by Crippen LogP contribution is 2.38. The van der Waals surface area contributed by atoms with Crippen LogP contribution in [-0.2, 0) is 6.54 Å². The number of fused-ring (bicyclic) bond motifs is 3. The van der Waals surface area contributed by atoms with Gasteiger partial charge in [-0.2, -0.15) is 0 Å². The number of hydrogen-bond acceptors (Lipinski definition) is 3. The molecule has 1 aromatic heterocycles. The van der Waals surface area contributed by atoms with Gasteiger partial charge in [0.05, 0.1) is 26.5 Å². The number of methoxy groups -OCH3 is 2. The Morgan fingerprint density at radius 1 is 1.00 bits per heavy atom. The van der Waals surface area contributed by atoms with Crippen molar-refractivity contribution in [3.63, 3.8) is 0 Å². The molecule has 0 aliphatic rings. The maximum atomic E-state index is 9.91. The third-order valence-corrected chi connectivity index (χ3v) is 6.04. The lowest BCUT2D eigenvalue weighted by atomic mass is 10.1. The summed E-state index contributed by atoms with van der Waals surface area (Å²) in [5.74, 6) is 4.09. The van der Waals surface area contributed by atoms with E-state index >= 15 is 0 Å². The molecule has 1 heterocycles. The van der Waals surface area contributed by atoms with Crippen LogP contribution in [0.25, 0.3) is 32.9 Å². The summed E-state index contributed by atoms with van der Waals surface area (Å²) in [6.07, 6.45) is 12.6. The topological polar surface area (TPSA) is 43.6 Å². The molecular weight excluding hydrogens is 422 g/mol. The van der Waals surface area contributed by atoms with Crippen LogP contribution in [0.3, 0.4) is 0 Å². The van der Waals surface area contributed by atoms with Gasteiger partial charge in [-0.3, -0.25) is 0 Å². The van der Waals surface area contributed by atoms with Crippen molar-refractivity contribution >= 4 is 21.7 Å². The summed E-state index contributed by atoms with van der Waals surface area (Å²) in [5, 5.41) is 13.5. The number of aromatic nitrogens is 1. The summed E-state index contributed by atoms with van der Waals surface area (Å²) in [6, 6.07) is 20.8. The molecular formula is C30H29NO3. The van der Waals surface area contributed by atoms with Gasteiger partial charge >= 0.3 is 0 Å². The van der Waals surface area contributed by atoms with Gasteiger partial charge in [0, 0.05) is 35.5 Å². The number of aliphatic hydroxyl groups excluding tert-OH is 1. The van der Waals surface area contributed by atoms with Gasteiger partial charge in [-0.05, 0) is 47.0 Å². The summed E-state index contributed by atoms with van der Waals surface area (Å²) in [5.41, 5.74) is 4.10. The Labute approximate surface area is 200 Å². The Hall–Kier alpha value is -3.94. The van der Waals surface area contributed by atoms with Gasteiger partial charge in [0.15, 0.2) is 0 Å². The van der Waals surface area contributed by atoms with Crippen molar-refractivity contribution in [2.45, 2.75) is 19.4 Å². The summed E-state index contributed by atoms with van der Waals surface area (Å²) < 4.78 is 13.4. The van der Waals surface area contributed by atoms with Crippen LogP contribution >= 0.6 is 0 Å². The molecule has 3 aromatic carbocycles. The smallest absolute Gasteiger partial charge is 0.131 e. The molecule has 0 amide bonds. The summed E-state index contributed by atoms with van der Waals surface area (Å²) in [6.45, 7) is 0.620. The van der Waals surface area contributed by atoms with E-state index in [0.717, 1.165) is 33.8 Å². The van der Waals surface area contributed by atoms with Crippen LogP contribution in [0.4, 0.5) is 0 Å². The number of rotatable bonds is 9. The minimum atomic E-state index is 0.00369. The SMILES string of the molecule is C#CC/C=C\C/C(=C\Cn1c(-c2ccc(OC)cc2OC)cc2c3ccccc3ccc21)CO. The molecule has 172 valence electrons. The zero-order chi connectivity index (χ0) is 23.9. The molecule has 0 bridgehead atoms. The third-order valence-electron chi connectivity index (χ3n) is 6.04. The van der Waals surface area contributed by atoms with E-state index in [2.05, 4.69) is 59.0 Å². The summed E-state index contributed by atoms with van der Waals surface area (Å²) >= 11 is 0. The largest absolute Gasteiger partial charge is 0.497 e. The van der Waals surface area contributed by atoms with Gasteiger partial charge in [0.1, 0.15) is 11.5 Å². The van der Waals surface area contributed by atoms with E-state index < -0.39 is 0 Å². The Kier molecular flexibility index (Phi) is 7.37. The van der Waals surface area contributed by atoms with E-state index in [9.17, 15) is 5.11 Å². The van der Waals surface area contributed by atoms with Crippen molar-refractivity contribution in [2.75, 3.05) is 20.8 Å². The zero-order valence-electron chi connectivity index (χ0n) is 19.6. The predicted octanol–water partition coefficient (Wildman–Crippen LogP) is 6.37. The second-order valence-corrected chi connectivity index (χ2v) is 8.03. The average Bonchev–Trinajstić information content (AvgIpc) is 3.26. The van der Waals surface area contributed by atoms with Crippen molar-refractivity contribution in [1.82, 2.24) is 4.57 Å². The molecule has 4 rings (SSSR count). The fraction of sp³-hybridized carbons (Fsp3) is 0.200. The van der Waals surface area contributed by atoms with E-state index in [-0.39, 0.29) is 6.61 Å². The highest BCUT2D eigenvalue weighted by molar-refractivity contribution is 6.08. The van der Waals surface area contributed by atoms with Gasteiger partial charge < -0.3 is 19.1 Å². The van der Waals surface area contributed by atoms with E-state index in [4.69, 9.17) is 15.9 Å². The molecule has 0 saturated carbocycles. The van der Waals surface area contributed by atoms with E-state index in [1.165, 1.54) is 16.2 Å². The lowest BCUT2D eigenvalue weighted by Crippen LogP contribution is -2.01. The fourth-order valence-electron chi connectivity index (χ4n) is 4.26. The number of allylic oxidation sites excluding steroid dienone is 3. The number of ether oxygens (including phenoxy) is 2. The molecule has 0 atom stereocenters. The second-order valence-electron chi connectivity index (χ2n) is 8.03. The standard InChI is InChI=1S/C30H29NO3/c1-4-5-6-7-10-22(21-32)17-18-31-28-16-13-23-11-8-9-12-25(23)27(28)20-29(31)26-15-14-24(33-2)19-30(26)34-3/h1,6-9,11-17,19-20,32H,5,10,18,21H2,2-3H3/b7-6-,22-17+. The Morgan fingerprint density at radius 2 is 1.85 bits per heavy atom. The normalized spacial score (nSPS) is 11.9. The highest BCUT2D eigenvalue weighted by Gasteiger charge is 2.16. The molecule has 0 unspecified atom stereocenters. The van der Waals surface area contributed by atoms with Gasteiger partial charge in [0.2, 0.25) is 0 Å². The minimum absolute atomic E-state index is 0.00369. The first kappa shape index (κ1) is 23.2. The van der Waals surface area contributed by atoms with Crippen LogP contribution in [0.15, 0.2) is 84.5 Å². The number of hydrogen-bond donors (Lipinski definition) is 1. The number of terminal acetylenes is 1. The van der Waals surface area contributed by atoms with Crippen molar-refractivity contribution in [3.05, 3.63) is 84.5 Å². The van der Waals surface area contributed by atoms with Crippen LogP contribution in [0.2, 0.25) is 0 Å². The third kappa shape index (κ3) is 4.71. The molecule has 34 heavy (non-hydrogen) atoms. The van der Waals surface area contributed by atoms with Crippen LogP contribution in [-0.4, -0.2) is 30.5 Å². The van der Waals surface area contributed by atoms with Crippen LogP contribution in [0.1, 0.15) is 12.8 Å². The number of aliphatic hydroxyl groups is 1. The van der Waals surface area contributed by atoms with Crippen molar-refractivity contribution < 1.29 is 14.6 Å². The number of nitrogens with zero attached hydrogens (tertiary/aromatic N) is 1. The molecule has 0 aliphatic carbocycles. The monoisotopic (exact) mass is 451 g/mol. The molecule has 0 aliphatic heterocycles. The zero-order valence-corrected chi connectivity index (χ0v) is 19.6. The molecule has 4 nitrogen and oxygen atoms in total. The first-order chi connectivity index (χ1) is 16.7. The first-order valence-corrected chi connectivity index (χ1v) is 11.3. The quantitative estimate of drug-likeness (QED) is 0.238. The molecule has 0 saturated heterocycles.